The zero-order valence-corrected chi connectivity index (χ0v) is 12.7. The fourth-order valence-electron chi connectivity index (χ4n) is 1.56. The summed E-state index contributed by atoms with van der Waals surface area (Å²) in [5.74, 6) is 2.51. The topological polar surface area (TPSA) is 51.1 Å². The Morgan fingerprint density at radius 1 is 1.39 bits per heavy atom. The van der Waals surface area contributed by atoms with Crippen molar-refractivity contribution in [2.75, 3.05) is 27.3 Å². The van der Waals surface area contributed by atoms with Gasteiger partial charge in [0.1, 0.15) is 5.66 Å². The molecule has 0 N–H and O–H groups in total. The van der Waals surface area contributed by atoms with Crippen LogP contribution in [-0.4, -0.2) is 43.7 Å². The number of hydrazone groups is 1. The molecule has 0 spiro atoms. The summed E-state index contributed by atoms with van der Waals surface area (Å²) in [6.45, 7) is 5.96. The van der Waals surface area contributed by atoms with Crippen molar-refractivity contribution >= 4 is 13.3 Å². The Kier molecular flexibility index (Phi) is 7.93. The molecule has 1 unspecified atom stereocenters. The summed E-state index contributed by atoms with van der Waals surface area (Å²) >= 11 is 0. The molecule has 0 heterocycles. The SMILES string of the molecule is C#CCC(/C(C)=N/N(C)C)P(=O)(OCC)OCC. The van der Waals surface area contributed by atoms with Gasteiger partial charge in [-0.15, -0.1) is 12.3 Å². The minimum Gasteiger partial charge on any atom is -0.308 e. The molecule has 18 heavy (non-hydrogen) atoms. The van der Waals surface area contributed by atoms with Crippen molar-refractivity contribution in [3.05, 3.63) is 0 Å². The molecule has 0 fully saturated rings. The zero-order chi connectivity index (χ0) is 14.2. The third-order valence-corrected chi connectivity index (χ3v) is 4.71. The molecule has 0 radical (unpaired) electrons. The maximum atomic E-state index is 12.7. The highest BCUT2D eigenvalue weighted by Gasteiger charge is 2.37. The Labute approximate surface area is 110 Å². The van der Waals surface area contributed by atoms with Crippen LogP contribution in [0.3, 0.4) is 0 Å². The van der Waals surface area contributed by atoms with Crippen molar-refractivity contribution in [1.29, 1.82) is 0 Å². The van der Waals surface area contributed by atoms with Gasteiger partial charge in [0.25, 0.3) is 0 Å². The van der Waals surface area contributed by atoms with E-state index in [0.717, 1.165) is 0 Å². The summed E-state index contributed by atoms with van der Waals surface area (Å²) in [6, 6.07) is 0. The smallest absolute Gasteiger partial charge is 0.308 e. The van der Waals surface area contributed by atoms with Gasteiger partial charge in [-0.25, -0.2) is 0 Å². The van der Waals surface area contributed by atoms with E-state index >= 15 is 0 Å². The van der Waals surface area contributed by atoms with Crippen LogP contribution in [0.4, 0.5) is 0 Å². The Hall–Kier alpha value is -0.820. The molecular formula is C12H23N2O3P. The Balaban J connectivity index is 5.29. The number of terminal acetylenes is 1. The van der Waals surface area contributed by atoms with Gasteiger partial charge in [0.15, 0.2) is 0 Å². The maximum Gasteiger partial charge on any atom is 0.340 e. The summed E-state index contributed by atoms with van der Waals surface area (Å²) in [5.41, 5.74) is 0.160. The van der Waals surface area contributed by atoms with Gasteiger partial charge in [-0.1, -0.05) is 0 Å². The van der Waals surface area contributed by atoms with E-state index in [4.69, 9.17) is 15.5 Å². The number of nitrogens with zero attached hydrogens (tertiary/aromatic N) is 2. The molecule has 6 heteroatoms. The van der Waals surface area contributed by atoms with Gasteiger partial charge in [0.05, 0.1) is 18.9 Å². The highest BCUT2D eigenvalue weighted by atomic mass is 31.2. The number of rotatable bonds is 8. The van der Waals surface area contributed by atoms with Gasteiger partial charge in [0, 0.05) is 20.5 Å². The predicted octanol–water partition coefficient (Wildman–Crippen LogP) is 2.58. The van der Waals surface area contributed by atoms with E-state index in [1.165, 1.54) is 0 Å². The van der Waals surface area contributed by atoms with E-state index in [0.29, 0.717) is 18.9 Å². The van der Waals surface area contributed by atoms with Crippen LogP contribution in [0.2, 0.25) is 0 Å². The molecule has 0 saturated heterocycles. The molecule has 0 aromatic rings. The summed E-state index contributed by atoms with van der Waals surface area (Å²) in [7, 11) is 0.330. The van der Waals surface area contributed by atoms with E-state index in [9.17, 15) is 4.57 Å². The van der Waals surface area contributed by atoms with Gasteiger partial charge in [-0.3, -0.25) is 4.57 Å². The van der Waals surface area contributed by atoms with Crippen molar-refractivity contribution in [2.24, 2.45) is 5.10 Å². The minimum atomic E-state index is -3.26. The molecule has 0 rings (SSSR count). The first-order valence-corrected chi connectivity index (χ1v) is 7.57. The highest BCUT2D eigenvalue weighted by molar-refractivity contribution is 7.55. The van der Waals surface area contributed by atoms with E-state index in [-0.39, 0.29) is 6.42 Å². The third kappa shape index (κ3) is 5.22. The van der Waals surface area contributed by atoms with E-state index in [2.05, 4.69) is 11.0 Å². The quantitative estimate of drug-likeness (QED) is 0.295. The Bertz CT molecular complexity index is 351. The van der Waals surface area contributed by atoms with Crippen molar-refractivity contribution in [3.63, 3.8) is 0 Å². The molecule has 5 nitrogen and oxygen atoms in total. The molecule has 0 aliphatic carbocycles. The molecule has 0 aromatic carbocycles. The summed E-state index contributed by atoms with van der Waals surface area (Å²) in [5, 5.41) is 5.89. The van der Waals surface area contributed by atoms with Crippen LogP contribution in [0.5, 0.6) is 0 Å². The molecular weight excluding hydrogens is 251 g/mol. The lowest BCUT2D eigenvalue weighted by Gasteiger charge is -2.25. The molecule has 1 atom stereocenters. The summed E-state index contributed by atoms with van der Waals surface area (Å²) in [4.78, 5) is 0. The van der Waals surface area contributed by atoms with Gasteiger partial charge in [-0.05, 0) is 20.8 Å². The first-order valence-electron chi connectivity index (χ1n) is 5.95. The first-order chi connectivity index (χ1) is 8.41. The second kappa shape index (κ2) is 8.31. The molecule has 0 bridgehead atoms. The van der Waals surface area contributed by atoms with Crippen LogP contribution >= 0.6 is 7.60 Å². The van der Waals surface area contributed by atoms with E-state index in [1.807, 2.05) is 0 Å². The fourth-order valence-corrected chi connectivity index (χ4v) is 3.55. The monoisotopic (exact) mass is 274 g/mol. The molecule has 0 aromatic heterocycles. The van der Waals surface area contributed by atoms with Crippen LogP contribution < -0.4 is 0 Å². The largest absolute Gasteiger partial charge is 0.340 e. The minimum absolute atomic E-state index is 0.278. The molecule has 0 aliphatic rings. The van der Waals surface area contributed by atoms with E-state index in [1.54, 1.807) is 39.9 Å². The third-order valence-electron chi connectivity index (χ3n) is 2.15. The van der Waals surface area contributed by atoms with Crippen molar-refractivity contribution in [3.8, 4) is 12.3 Å². The number of hydrogen-bond donors (Lipinski definition) is 0. The first kappa shape index (κ1) is 17.2. The average Bonchev–Trinajstić information content (AvgIpc) is 2.25. The highest BCUT2D eigenvalue weighted by Crippen LogP contribution is 2.54. The predicted molar refractivity (Wildman–Crippen MR) is 74.9 cm³/mol. The van der Waals surface area contributed by atoms with Crippen LogP contribution in [0.1, 0.15) is 27.2 Å². The van der Waals surface area contributed by atoms with Crippen molar-refractivity contribution in [1.82, 2.24) is 5.01 Å². The fraction of sp³-hybridized carbons (Fsp3) is 0.750. The lowest BCUT2D eigenvalue weighted by molar-refractivity contribution is 0.217. The second-order valence-electron chi connectivity index (χ2n) is 3.89. The average molecular weight is 274 g/mol. The van der Waals surface area contributed by atoms with Gasteiger partial charge < -0.3 is 14.1 Å². The van der Waals surface area contributed by atoms with Crippen LogP contribution in [0.15, 0.2) is 5.10 Å². The van der Waals surface area contributed by atoms with Crippen molar-refractivity contribution < 1.29 is 13.6 Å². The normalized spacial score (nSPS) is 14.1. The van der Waals surface area contributed by atoms with Crippen LogP contribution in [-0.2, 0) is 13.6 Å². The zero-order valence-electron chi connectivity index (χ0n) is 11.8. The van der Waals surface area contributed by atoms with Crippen LogP contribution in [0, 0.1) is 12.3 Å². The number of hydrogen-bond acceptors (Lipinski definition) is 5. The van der Waals surface area contributed by atoms with E-state index < -0.39 is 13.3 Å². The van der Waals surface area contributed by atoms with Gasteiger partial charge >= 0.3 is 7.60 Å². The Morgan fingerprint density at radius 2 is 1.89 bits per heavy atom. The standard InChI is InChI=1S/C12H23N2O3P/c1-7-10-12(11(4)13-14(5)6)18(15,16-8-2)17-9-3/h1,12H,8-10H2,2-6H3/b13-11+. The molecule has 0 amide bonds. The van der Waals surface area contributed by atoms with Gasteiger partial charge in [0.2, 0.25) is 0 Å². The Morgan fingerprint density at radius 3 is 2.22 bits per heavy atom. The molecule has 104 valence electrons. The van der Waals surface area contributed by atoms with Gasteiger partial charge in [-0.2, -0.15) is 5.10 Å². The van der Waals surface area contributed by atoms with Crippen LogP contribution in [0.25, 0.3) is 0 Å². The molecule has 0 saturated carbocycles. The lowest BCUT2D eigenvalue weighted by atomic mass is 10.2. The summed E-state index contributed by atoms with van der Waals surface area (Å²) in [6.07, 6.45) is 5.61. The second-order valence-corrected chi connectivity index (χ2v) is 6.11. The maximum absolute atomic E-state index is 12.7. The van der Waals surface area contributed by atoms with Crippen molar-refractivity contribution in [2.45, 2.75) is 32.9 Å². The summed E-state index contributed by atoms with van der Waals surface area (Å²) < 4.78 is 23.3. The lowest BCUT2D eigenvalue weighted by Crippen LogP contribution is -2.23. The molecule has 0 aliphatic heterocycles.